The van der Waals surface area contributed by atoms with Crippen molar-refractivity contribution < 1.29 is 4.21 Å². The van der Waals surface area contributed by atoms with Crippen molar-refractivity contribution in [3.63, 3.8) is 0 Å². The van der Waals surface area contributed by atoms with E-state index in [4.69, 9.17) is 0 Å². The van der Waals surface area contributed by atoms with Gasteiger partial charge in [-0.1, -0.05) is 13.8 Å². The second kappa shape index (κ2) is 3.35. The predicted octanol–water partition coefficient (Wildman–Crippen LogP) is 1.14. The lowest BCUT2D eigenvalue weighted by Crippen LogP contribution is -2.39. The Bertz CT molecular complexity index is 225. The Morgan fingerprint density at radius 3 is 2.69 bits per heavy atom. The number of hydrogen-bond donors (Lipinski definition) is 1. The van der Waals surface area contributed by atoms with Crippen LogP contribution >= 0.6 is 0 Å². The molecular weight excluding hydrogens is 182 g/mol. The average molecular weight is 201 g/mol. The van der Waals surface area contributed by atoms with E-state index in [1.807, 2.05) is 0 Å². The maximum Gasteiger partial charge on any atom is 0.0394 e. The highest BCUT2D eigenvalue weighted by atomic mass is 32.2. The molecule has 0 aromatic heterocycles. The molecule has 0 bridgehead atoms. The first kappa shape index (κ1) is 9.66. The standard InChI is InChI=1S/C10H19NOS/c1-8-5-11-9(7-13(12)6-8)10(2)3-4-10/h8-9,11H,3-7H2,1-2H3. The van der Waals surface area contributed by atoms with E-state index in [0.717, 1.165) is 18.1 Å². The zero-order valence-electron chi connectivity index (χ0n) is 8.51. The fourth-order valence-electron chi connectivity index (χ4n) is 2.03. The van der Waals surface area contributed by atoms with Crippen molar-refractivity contribution >= 4 is 10.8 Å². The average Bonchev–Trinajstić information content (AvgIpc) is 2.78. The highest BCUT2D eigenvalue weighted by Crippen LogP contribution is 2.48. The summed E-state index contributed by atoms with van der Waals surface area (Å²) in [6.45, 7) is 5.55. The minimum absolute atomic E-state index is 0.472. The Balaban J connectivity index is 2.01. The van der Waals surface area contributed by atoms with E-state index in [1.165, 1.54) is 12.8 Å². The first-order chi connectivity index (χ1) is 6.10. The maximum absolute atomic E-state index is 11.6. The minimum atomic E-state index is -0.587. The van der Waals surface area contributed by atoms with E-state index in [0.29, 0.717) is 17.4 Å². The molecule has 1 heterocycles. The molecule has 0 spiro atoms. The van der Waals surface area contributed by atoms with Crippen LogP contribution in [0.5, 0.6) is 0 Å². The maximum atomic E-state index is 11.6. The van der Waals surface area contributed by atoms with Crippen molar-refractivity contribution in [3.05, 3.63) is 0 Å². The van der Waals surface area contributed by atoms with E-state index in [9.17, 15) is 4.21 Å². The number of nitrogens with one attached hydrogen (secondary N) is 1. The first-order valence-corrected chi connectivity index (χ1v) is 6.67. The van der Waals surface area contributed by atoms with Crippen LogP contribution in [0.3, 0.4) is 0 Å². The summed E-state index contributed by atoms with van der Waals surface area (Å²) >= 11 is 0. The van der Waals surface area contributed by atoms with Gasteiger partial charge in [-0.3, -0.25) is 4.21 Å². The fraction of sp³-hybridized carbons (Fsp3) is 1.00. The van der Waals surface area contributed by atoms with Gasteiger partial charge in [0.15, 0.2) is 0 Å². The topological polar surface area (TPSA) is 29.1 Å². The molecule has 2 nitrogen and oxygen atoms in total. The van der Waals surface area contributed by atoms with E-state index in [-0.39, 0.29) is 0 Å². The molecule has 2 rings (SSSR count). The largest absolute Gasteiger partial charge is 0.312 e. The van der Waals surface area contributed by atoms with Crippen LogP contribution in [-0.2, 0) is 10.8 Å². The van der Waals surface area contributed by atoms with E-state index < -0.39 is 10.8 Å². The SMILES string of the molecule is CC1CNC(C2(C)CC2)CS(=O)C1. The van der Waals surface area contributed by atoms with Gasteiger partial charge in [-0.2, -0.15) is 0 Å². The van der Waals surface area contributed by atoms with Crippen LogP contribution < -0.4 is 5.32 Å². The van der Waals surface area contributed by atoms with Crippen LogP contribution in [0.2, 0.25) is 0 Å². The van der Waals surface area contributed by atoms with Crippen LogP contribution in [0, 0.1) is 11.3 Å². The van der Waals surface area contributed by atoms with E-state index in [1.54, 1.807) is 0 Å². The van der Waals surface area contributed by atoms with Gasteiger partial charge in [0.2, 0.25) is 0 Å². The van der Waals surface area contributed by atoms with Crippen LogP contribution in [0.25, 0.3) is 0 Å². The number of hydrogen-bond acceptors (Lipinski definition) is 2. The molecule has 0 aromatic carbocycles. The normalized spacial score (nSPS) is 44.0. The third-order valence-corrected chi connectivity index (χ3v) is 5.06. The lowest BCUT2D eigenvalue weighted by atomic mass is 10.0. The third-order valence-electron chi connectivity index (χ3n) is 3.42. The summed E-state index contributed by atoms with van der Waals surface area (Å²) in [5.74, 6) is 2.34. The molecule has 3 atom stereocenters. The molecule has 1 N–H and O–H groups in total. The van der Waals surface area contributed by atoms with E-state index >= 15 is 0 Å². The molecule has 1 saturated heterocycles. The minimum Gasteiger partial charge on any atom is -0.312 e. The Morgan fingerprint density at radius 2 is 2.08 bits per heavy atom. The van der Waals surface area contributed by atoms with Gasteiger partial charge in [-0.15, -0.1) is 0 Å². The van der Waals surface area contributed by atoms with Crippen LogP contribution in [0.1, 0.15) is 26.7 Å². The summed E-state index contributed by atoms with van der Waals surface area (Å²) in [7, 11) is -0.587. The van der Waals surface area contributed by atoms with Gasteiger partial charge < -0.3 is 5.32 Å². The molecule has 1 aliphatic heterocycles. The van der Waals surface area contributed by atoms with Crippen molar-refractivity contribution in [1.82, 2.24) is 5.32 Å². The molecule has 2 fully saturated rings. The molecular formula is C10H19NOS. The van der Waals surface area contributed by atoms with Gasteiger partial charge in [0.05, 0.1) is 0 Å². The highest BCUT2D eigenvalue weighted by molar-refractivity contribution is 7.85. The predicted molar refractivity (Wildman–Crippen MR) is 56.2 cm³/mol. The zero-order chi connectivity index (χ0) is 9.47. The lowest BCUT2D eigenvalue weighted by Gasteiger charge is -2.22. The monoisotopic (exact) mass is 201 g/mol. The second-order valence-electron chi connectivity index (χ2n) is 4.99. The molecule has 3 unspecified atom stereocenters. The Labute approximate surface area is 82.9 Å². The van der Waals surface area contributed by atoms with Gasteiger partial charge in [-0.25, -0.2) is 0 Å². The second-order valence-corrected chi connectivity index (χ2v) is 6.54. The van der Waals surface area contributed by atoms with Gasteiger partial charge in [-0.05, 0) is 30.7 Å². The molecule has 2 aliphatic rings. The molecule has 76 valence electrons. The summed E-state index contributed by atoms with van der Waals surface area (Å²) in [5.41, 5.74) is 0.472. The Kier molecular flexibility index (Phi) is 2.49. The van der Waals surface area contributed by atoms with Gasteiger partial charge in [0.25, 0.3) is 0 Å². The summed E-state index contributed by atoms with van der Waals surface area (Å²) < 4.78 is 11.6. The molecule has 0 aromatic rings. The molecule has 3 heteroatoms. The van der Waals surface area contributed by atoms with Crippen molar-refractivity contribution in [1.29, 1.82) is 0 Å². The quantitative estimate of drug-likeness (QED) is 0.689. The number of rotatable bonds is 1. The van der Waals surface area contributed by atoms with Crippen LogP contribution in [-0.4, -0.2) is 28.3 Å². The fourth-order valence-corrected chi connectivity index (χ4v) is 3.81. The Hall–Kier alpha value is 0.110. The van der Waals surface area contributed by atoms with Crippen LogP contribution in [0.4, 0.5) is 0 Å². The molecule has 13 heavy (non-hydrogen) atoms. The summed E-state index contributed by atoms with van der Waals surface area (Å²) in [4.78, 5) is 0. The van der Waals surface area contributed by atoms with Crippen molar-refractivity contribution in [2.24, 2.45) is 11.3 Å². The van der Waals surface area contributed by atoms with Gasteiger partial charge in [0.1, 0.15) is 0 Å². The summed E-state index contributed by atoms with van der Waals surface area (Å²) in [6.07, 6.45) is 2.63. The molecule has 1 saturated carbocycles. The van der Waals surface area contributed by atoms with E-state index in [2.05, 4.69) is 19.2 Å². The van der Waals surface area contributed by atoms with Crippen molar-refractivity contribution in [2.45, 2.75) is 32.7 Å². The summed E-state index contributed by atoms with van der Waals surface area (Å²) in [5, 5.41) is 3.57. The van der Waals surface area contributed by atoms with Crippen molar-refractivity contribution in [2.75, 3.05) is 18.1 Å². The molecule has 1 aliphatic carbocycles. The Morgan fingerprint density at radius 1 is 1.38 bits per heavy atom. The highest BCUT2D eigenvalue weighted by Gasteiger charge is 2.45. The smallest absolute Gasteiger partial charge is 0.0394 e. The molecule has 0 radical (unpaired) electrons. The first-order valence-electron chi connectivity index (χ1n) is 5.18. The van der Waals surface area contributed by atoms with Gasteiger partial charge in [0, 0.05) is 28.3 Å². The van der Waals surface area contributed by atoms with Crippen LogP contribution in [0.15, 0.2) is 0 Å². The van der Waals surface area contributed by atoms with Gasteiger partial charge >= 0.3 is 0 Å². The zero-order valence-corrected chi connectivity index (χ0v) is 9.32. The van der Waals surface area contributed by atoms with Crippen molar-refractivity contribution in [3.8, 4) is 0 Å². The third kappa shape index (κ3) is 2.13. The molecule has 0 amide bonds. The summed E-state index contributed by atoms with van der Waals surface area (Å²) in [6, 6.07) is 0.512. The lowest BCUT2D eigenvalue weighted by molar-refractivity contribution is 0.375.